The molecule has 0 aliphatic carbocycles. The number of carbonyl (C=O) groups is 1. The fourth-order valence-corrected chi connectivity index (χ4v) is 1.54. The molecule has 0 aliphatic heterocycles. The number of amides is 1. The molecule has 0 bridgehead atoms. The molecule has 5 nitrogen and oxygen atoms in total. The van der Waals surface area contributed by atoms with Crippen molar-refractivity contribution in [3.05, 3.63) is 47.3 Å². The van der Waals surface area contributed by atoms with Crippen LogP contribution in [0.25, 0.3) is 0 Å². The Kier molecular flexibility index (Phi) is 3.89. The van der Waals surface area contributed by atoms with Crippen LogP contribution in [0.4, 0.5) is 4.39 Å². The van der Waals surface area contributed by atoms with Crippen LogP contribution in [0.2, 0.25) is 0 Å². The number of nitrogens with zero attached hydrogens (tertiary/aromatic N) is 2. The first kappa shape index (κ1) is 13.2. The lowest BCUT2D eigenvalue weighted by atomic mass is 10.2. The van der Waals surface area contributed by atoms with Gasteiger partial charge in [-0.1, -0.05) is 26.0 Å². The molecule has 1 heterocycles. The highest BCUT2D eigenvalue weighted by atomic mass is 19.1. The first-order valence-corrected chi connectivity index (χ1v) is 6.01. The third-order valence-electron chi connectivity index (χ3n) is 2.59. The predicted octanol–water partition coefficient (Wildman–Crippen LogP) is 2.00. The zero-order chi connectivity index (χ0) is 13.8. The molecule has 0 spiro atoms. The van der Waals surface area contributed by atoms with Gasteiger partial charge in [-0.25, -0.2) is 9.37 Å². The van der Waals surface area contributed by atoms with Crippen molar-refractivity contribution in [1.29, 1.82) is 0 Å². The van der Waals surface area contributed by atoms with E-state index in [0.717, 1.165) is 0 Å². The second-order valence-electron chi connectivity index (χ2n) is 4.51. The number of benzene rings is 1. The van der Waals surface area contributed by atoms with Gasteiger partial charge in [0.1, 0.15) is 11.6 Å². The van der Waals surface area contributed by atoms with Gasteiger partial charge in [-0.2, -0.15) is 0 Å². The van der Waals surface area contributed by atoms with E-state index < -0.39 is 0 Å². The summed E-state index contributed by atoms with van der Waals surface area (Å²) in [6.07, 6.45) is 0. The third kappa shape index (κ3) is 3.37. The van der Waals surface area contributed by atoms with Crippen molar-refractivity contribution in [1.82, 2.24) is 20.5 Å². The van der Waals surface area contributed by atoms with Crippen molar-refractivity contribution in [3.8, 4) is 0 Å². The van der Waals surface area contributed by atoms with Crippen LogP contribution in [0.5, 0.6) is 0 Å². The molecule has 1 aromatic heterocycles. The highest BCUT2D eigenvalue weighted by molar-refractivity contribution is 5.90. The van der Waals surface area contributed by atoms with Gasteiger partial charge in [0.25, 0.3) is 5.91 Å². The van der Waals surface area contributed by atoms with E-state index in [1.54, 1.807) is 12.1 Å². The molecule has 0 saturated carbocycles. The Balaban J connectivity index is 1.97. The second kappa shape index (κ2) is 5.60. The molecular formula is C13H15FN4O. The molecule has 19 heavy (non-hydrogen) atoms. The Morgan fingerprint density at radius 3 is 2.89 bits per heavy atom. The first-order chi connectivity index (χ1) is 9.06. The lowest BCUT2D eigenvalue weighted by Crippen LogP contribution is -2.24. The molecule has 0 unspecified atom stereocenters. The summed E-state index contributed by atoms with van der Waals surface area (Å²) in [5.74, 6) is 0.229. The van der Waals surface area contributed by atoms with Gasteiger partial charge in [-0.15, -0.1) is 5.10 Å². The summed E-state index contributed by atoms with van der Waals surface area (Å²) >= 11 is 0. The summed E-state index contributed by atoms with van der Waals surface area (Å²) in [6, 6.07) is 6.06. The zero-order valence-electron chi connectivity index (χ0n) is 10.8. The number of halogens is 1. The van der Waals surface area contributed by atoms with Crippen LogP contribution < -0.4 is 5.32 Å². The van der Waals surface area contributed by atoms with Gasteiger partial charge in [0, 0.05) is 12.5 Å². The Morgan fingerprint density at radius 1 is 1.47 bits per heavy atom. The van der Waals surface area contributed by atoms with Crippen molar-refractivity contribution in [3.63, 3.8) is 0 Å². The third-order valence-corrected chi connectivity index (χ3v) is 2.59. The summed E-state index contributed by atoms with van der Waals surface area (Å²) < 4.78 is 13.0. The standard InChI is InChI=1S/C13H15FN4O/c1-8(2)11-16-12(18-17-11)13(19)15-7-9-4-3-5-10(14)6-9/h3-6,8H,7H2,1-2H3,(H,15,19)(H,16,17,18). The molecule has 0 saturated heterocycles. The largest absolute Gasteiger partial charge is 0.345 e. The average Bonchev–Trinajstić information content (AvgIpc) is 2.86. The molecule has 0 atom stereocenters. The SMILES string of the molecule is CC(C)c1nc(C(=O)NCc2cccc(F)c2)n[nH]1. The number of nitrogens with one attached hydrogen (secondary N) is 2. The minimum atomic E-state index is -0.382. The van der Waals surface area contributed by atoms with Crippen LogP contribution in [0.3, 0.4) is 0 Å². The molecule has 100 valence electrons. The second-order valence-corrected chi connectivity index (χ2v) is 4.51. The Labute approximate surface area is 110 Å². The minimum Gasteiger partial charge on any atom is -0.345 e. The van der Waals surface area contributed by atoms with Crippen molar-refractivity contribution in [2.75, 3.05) is 0 Å². The summed E-state index contributed by atoms with van der Waals surface area (Å²) in [6.45, 7) is 4.14. The lowest BCUT2D eigenvalue weighted by Gasteiger charge is -2.02. The van der Waals surface area contributed by atoms with Crippen molar-refractivity contribution >= 4 is 5.91 Å². The van der Waals surface area contributed by atoms with Crippen molar-refractivity contribution in [2.24, 2.45) is 0 Å². The van der Waals surface area contributed by atoms with E-state index >= 15 is 0 Å². The molecule has 1 amide bonds. The number of rotatable bonds is 4. The molecular weight excluding hydrogens is 247 g/mol. The van der Waals surface area contributed by atoms with Crippen LogP contribution in [-0.4, -0.2) is 21.1 Å². The van der Waals surface area contributed by atoms with Crippen molar-refractivity contribution in [2.45, 2.75) is 26.3 Å². The fraction of sp³-hybridized carbons (Fsp3) is 0.308. The van der Waals surface area contributed by atoms with Crippen LogP contribution in [0.1, 0.15) is 41.8 Å². The fourth-order valence-electron chi connectivity index (χ4n) is 1.54. The maximum atomic E-state index is 13.0. The molecule has 0 radical (unpaired) electrons. The number of carbonyl (C=O) groups excluding carboxylic acids is 1. The van der Waals surface area contributed by atoms with Gasteiger partial charge >= 0.3 is 0 Å². The van der Waals surface area contributed by atoms with Crippen LogP contribution in [0.15, 0.2) is 24.3 Å². The van der Waals surface area contributed by atoms with Gasteiger partial charge in [0.15, 0.2) is 0 Å². The van der Waals surface area contributed by atoms with E-state index in [1.165, 1.54) is 12.1 Å². The predicted molar refractivity (Wildman–Crippen MR) is 68.0 cm³/mol. The molecule has 2 N–H and O–H groups in total. The molecule has 2 rings (SSSR count). The number of aromatic amines is 1. The highest BCUT2D eigenvalue weighted by Gasteiger charge is 2.13. The first-order valence-electron chi connectivity index (χ1n) is 6.01. The van der Waals surface area contributed by atoms with E-state index in [9.17, 15) is 9.18 Å². The summed E-state index contributed by atoms with van der Waals surface area (Å²) in [5, 5.41) is 9.20. The van der Waals surface area contributed by atoms with Gasteiger partial charge in [0.2, 0.25) is 5.82 Å². The van der Waals surface area contributed by atoms with Gasteiger partial charge in [-0.3, -0.25) is 9.89 Å². The molecule has 2 aromatic rings. The van der Waals surface area contributed by atoms with Gasteiger partial charge in [0.05, 0.1) is 0 Å². The molecule has 0 aliphatic rings. The van der Waals surface area contributed by atoms with E-state index in [4.69, 9.17) is 0 Å². The number of hydrogen-bond donors (Lipinski definition) is 2. The lowest BCUT2D eigenvalue weighted by molar-refractivity contribution is 0.0941. The Bertz CT molecular complexity index is 580. The van der Waals surface area contributed by atoms with E-state index in [1.807, 2.05) is 13.8 Å². The average molecular weight is 262 g/mol. The summed E-state index contributed by atoms with van der Waals surface area (Å²) in [4.78, 5) is 15.9. The normalized spacial score (nSPS) is 10.7. The summed E-state index contributed by atoms with van der Waals surface area (Å²) in [5.41, 5.74) is 0.688. The zero-order valence-corrected chi connectivity index (χ0v) is 10.8. The molecule has 6 heteroatoms. The smallest absolute Gasteiger partial charge is 0.291 e. The van der Waals surface area contributed by atoms with E-state index in [0.29, 0.717) is 11.4 Å². The maximum Gasteiger partial charge on any atom is 0.291 e. The van der Waals surface area contributed by atoms with Crippen LogP contribution >= 0.6 is 0 Å². The van der Waals surface area contributed by atoms with E-state index in [-0.39, 0.29) is 30.0 Å². The quantitative estimate of drug-likeness (QED) is 0.885. The Hall–Kier alpha value is -2.24. The van der Waals surface area contributed by atoms with Crippen LogP contribution in [-0.2, 0) is 6.54 Å². The minimum absolute atomic E-state index is 0.0973. The number of H-pyrrole nitrogens is 1. The molecule has 1 aromatic carbocycles. The van der Waals surface area contributed by atoms with Crippen LogP contribution in [0, 0.1) is 5.82 Å². The monoisotopic (exact) mass is 262 g/mol. The van der Waals surface area contributed by atoms with E-state index in [2.05, 4.69) is 20.5 Å². The highest BCUT2D eigenvalue weighted by Crippen LogP contribution is 2.08. The summed E-state index contributed by atoms with van der Waals surface area (Å²) in [7, 11) is 0. The van der Waals surface area contributed by atoms with Gasteiger partial charge < -0.3 is 5.32 Å². The van der Waals surface area contributed by atoms with Crippen molar-refractivity contribution < 1.29 is 9.18 Å². The Morgan fingerprint density at radius 2 is 2.26 bits per heavy atom. The molecule has 0 fully saturated rings. The van der Waals surface area contributed by atoms with Gasteiger partial charge in [-0.05, 0) is 17.7 Å². The number of hydrogen-bond acceptors (Lipinski definition) is 3. The maximum absolute atomic E-state index is 13.0. The number of aromatic nitrogens is 3. The topological polar surface area (TPSA) is 70.7 Å².